The van der Waals surface area contributed by atoms with Crippen LogP contribution in [0.5, 0.6) is 0 Å². The first kappa shape index (κ1) is 29.9. The molecule has 0 radical (unpaired) electrons. The number of nitrogens with one attached hydrogen (secondary N) is 2. The fourth-order valence-corrected chi connectivity index (χ4v) is 5.54. The molecule has 2 atom stereocenters. The fourth-order valence-electron chi connectivity index (χ4n) is 5.54. The van der Waals surface area contributed by atoms with Crippen LogP contribution in [0.1, 0.15) is 105 Å². The van der Waals surface area contributed by atoms with Crippen molar-refractivity contribution in [2.75, 3.05) is 0 Å². The second-order valence-electron chi connectivity index (χ2n) is 11.6. The predicted molar refractivity (Wildman–Crippen MR) is 142 cm³/mol. The molecule has 0 bridgehead atoms. The first-order valence-electron chi connectivity index (χ1n) is 14.2. The van der Waals surface area contributed by atoms with E-state index in [1.807, 2.05) is 13.8 Å². The van der Waals surface area contributed by atoms with E-state index in [1.54, 1.807) is 33.6 Å². The first-order valence-corrected chi connectivity index (χ1v) is 14.2. The summed E-state index contributed by atoms with van der Waals surface area (Å²) < 4.78 is 69.1. The lowest BCUT2D eigenvalue weighted by Crippen LogP contribution is -2.38. The zero-order chi connectivity index (χ0) is 30.2. The third-order valence-electron chi connectivity index (χ3n) is 7.96. The van der Waals surface area contributed by atoms with Gasteiger partial charge in [0.2, 0.25) is 17.6 Å². The Hall–Kier alpha value is -3.58. The SMILES string of the molecule is CC(C)n1nccc1C(=O)N[C@H](c1cn2ccc([C@@H](NC(=O)CCC(F)(F)F)C3CC3)nc2n1)C1CCC(F)(F)CC1. The van der Waals surface area contributed by atoms with Crippen molar-refractivity contribution in [1.82, 2.24) is 34.8 Å². The van der Waals surface area contributed by atoms with Gasteiger partial charge >= 0.3 is 6.18 Å². The predicted octanol–water partition coefficient (Wildman–Crippen LogP) is 5.71. The first-order chi connectivity index (χ1) is 19.8. The van der Waals surface area contributed by atoms with E-state index in [-0.39, 0.29) is 49.3 Å². The highest BCUT2D eigenvalue weighted by atomic mass is 19.4. The Kier molecular flexibility index (Phi) is 8.26. The van der Waals surface area contributed by atoms with Crippen molar-refractivity contribution in [2.24, 2.45) is 11.8 Å². The number of imidazole rings is 1. The van der Waals surface area contributed by atoms with Gasteiger partial charge in [-0.05, 0) is 63.5 Å². The minimum absolute atomic E-state index is 0.0611. The average molecular weight is 596 g/mol. The Morgan fingerprint density at radius 3 is 2.29 bits per heavy atom. The van der Waals surface area contributed by atoms with Crippen LogP contribution in [0.4, 0.5) is 22.0 Å². The maximum absolute atomic E-state index is 14.0. The molecule has 5 rings (SSSR count). The molecule has 3 aromatic heterocycles. The van der Waals surface area contributed by atoms with Gasteiger partial charge in [0.15, 0.2) is 0 Å². The Balaban J connectivity index is 1.40. The highest BCUT2D eigenvalue weighted by Crippen LogP contribution is 2.42. The summed E-state index contributed by atoms with van der Waals surface area (Å²) >= 11 is 0. The van der Waals surface area contributed by atoms with Crippen LogP contribution >= 0.6 is 0 Å². The number of alkyl halides is 5. The standard InChI is InChI=1S/C28H34F5N7O2/c1-16(2)40-21(8-13-34-40)25(42)38-24(18-5-10-27(29,30)11-6-18)20-15-39-14-9-19(35-26(39)36-20)23(17-3-4-17)37-22(41)7-12-28(31,32)33/h8-9,13-18,23-24H,3-7,10-12H2,1-2H3,(H,37,41)(H,38,42)/t23-,24-/m0/s1. The van der Waals surface area contributed by atoms with Crippen molar-refractivity contribution in [3.05, 3.63) is 47.8 Å². The molecule has 14 heteroatoms. The van der Waals surface area contributed by atoms with Gasteiger partial charge in [-0.2, -0.15) is 18.3 Å². The lowest BCUT2D eigenvalue weighted by Gasteiger charge is -2.33. The zero-order valence-electron chi connectivity index (χ0n) is 23.4. The molecule has 2 aliphatic rings. The minimum Gasteiger partial charge on any atom is -0.347 e. The van der Waals surface area contributed by atoms with E-state index in [2.05, 4.69) is 25.7 Å². The normalized spacial score (nSPS) is 19.1. The number of aromatic nitrogens is 5. The van der Waals surface area contributed by atoms with E-state index in [0.29, 0.717) is 17.1 Å². The summed E-state index contributed by atoms with van der Waals surface area (Å²) in [5, 5.41) is 9.93. The zero-order valence-corrected chi connectivity index (χ0v) is 23.4. The second-order valence-corrected chi connectivity index (χ2v) is 11.6. The molecule has 2 fully saturated rings. The van der Waals surface area contributed by atoms with Gasteiger partial charge in [-0.15, -0.1) is 0 Å². The van der Waals surface area contributed by atoms with Crippen LogP contribution in [0.15, 0.2) is 30.7 Å². The summed E-state index contributed by atoms with van der Waals surface area (Å²) in [5.74, 6) is -3.81. The third kappa shape index (κ3) is 7.06. The van der Waals surface area contributed by atoms with Crippen molar-refractivity contribution in [2.45, 2.75) is 95.4 Å². The molecule has 2 aliphatic carbocycles. The summed E-state index contributed by atoms with van der Waals surface area (Å²) in [6.07, 6.45) is 0.0402. The monoisotopic (exact) mass is 595 g/mol. The van der Waals surface area contributed by atoms with E-state index < -0.39 is 48.8 Å². The molecule has 2 N–H and O–H groups in total. The molecule has 42 heavy (non-hydrogen) atoms. The van der Waals surface area contributed by atoms with E-state index in [1.165, 1.54) is 6.20 Å². The van der Waals surface area contributed by atoms with Crippen LogP contribution in [-0.2, 0) is 4.79 Å². The number of rotatable bonds is 10. The number of fused-ring (bicyclic) bond motifs is 1. The van der Waals surface area contributed by atoms with Crippen LogP contribution < -0.4 is 10.6 Å². The molecule has 228 valence electrons. The molecule has 0 unspecified atom stereocenters. The lowest BCUT2D eigenvalue weighted by molar-refractivity contribution is -0.144. The molecule has 3 aromatic rings. The van der Waals surface area contributed by atoms with E-state index >= 15 is 0 Å². The number of amides is 2. The van der Waals surface area contributed by atoms with Gasteiger partial charge in [0.25, 0.3) is 5.91 Å². The van der Waals surface area contributed by atoms with E-state index in [9.17, 15) is 31.5 Å². The number of hydrogen-bond acceptors (Lipinski definition) is 5. The molecular weight excluding hydrogens is 561 g/mol. The molecule has 2 saturated carbocycles. The third-order valence-corrected chi connectivity index (χ3v) is 7.96. The summed E-state index contributed by atoms with van der Waals surface area (Å²) in [6, 6.07) is 1.99. The maximum atomic E-state index is 14.0. The summed E-state index contributed by atoms with van der Waals surface area (Å²) in [6.45, 7) is 3.78. The van der Waals surface area contributed by atoms with Gasteiger partial charge in [0, 0.05) is 43.9 Å². The lowest BCUT2D eigenvalue weighted by atomic mass is 9.81. The smallest absolute Gasteiger partial charge is 0.347 e. The minimum atomic E-state index is -4.43. The Bertz CT molecular complexity index is 1420. The van der Waals surface area contributed by atoms with Crippen LogP contribution in [0.25, 0.3) is 5.78 Å². The van der Waals surface area contributed by atoms with Gasteiger partial charge in [-0.1, -0.05) is 0 Å². The van der Waals surface area contributed by atoms with Crippen molar-refractivity contribution < 1.29 is 31.5 Å². The topological polar surface area (TPSA) is 106 Å². The highest BCUT2D eigenvalue weighted by molar-refractivity contribution is 5.92. The highest BCUT2D eigenvalue weighted by Gasteiger charge is 2.40. The molecule has 9 nitrogen and oxygen atoms in total. The molecule has 0 aromatic carbocycles. The van der Waals surface area contributed by atoms with Crippen molar-refractivity contribution in [3.63, 3.8) is 0 Å². The summed E-state index contributed by atoms with van der Waals surface area (Å²) in [7, 11) is 0. The van der Waals surface area contributed by atoms with Crippen LogP contribution in [-0.4, -0.2) is 48.1 Å². The van der Waals surface area contributed by atoms with Gasteiger partial charge in [-0.25, -0.2) is 18.7 Å². The van der Waals surface area contributed by atoms with Gasteiger partial charge in [0.05, 0.1) is 29.9 Å². The Labute approximate surface area is 239 Å². The number of carbonyl (C=O) groups excluding carboxylic acids is 2. The van der Waals surface area contributed by atoms with Crippen LogP contribution in [0.3, 0.4) is 0 Å². The maximum Gasteiger partial charge on any atom is 0.389 e. The van der Waals surface area contributed by atoms with Crippen LogP contribution in [0, 0.1) is 11.8 Å². The van der Waals surface area contributed by atoms with E-state index in [4.69, 9.17) is 0 Å². The van der Waals surface area contributed by atoms with Crippen molar-refractivity contribution >= 4 is 17.6 Å². The largest absolute Gasteiger partial charge is 0.389 e. The molecule has 0 saturated heterocycles. The average Bonchev–Trinajstić information content (AvgIpc) is 3.47. The number of nitrogens with zero attached hydrogens (tertiary/aromatic N) is 5. The number of hydrogen-bond donors (Lipinski definition) is 2. The Morgan fingerprint density at radius 1 is 1.00 bits per heavy atom. The quantitative estimate of drug-likeness (QED) is 0.292. The van der Waals surface area contributed by atoms with Crippen molar-refractivity contribution in [3.8, 4) is 0 Å². The van der Waals surface area contributed by atoms with Gasteiger partial charge in [0.1, 0.15) is 5.69 Å². The summed E-state index contributed by atoms with van der Waals surface area (Å²) in [4.78, 5) is 34.9. The fraction of sp³-hybridized carbons (Fsp3) is 0.607. The van der Waals surface area contributed by atoms with Crippen molar-refractivity contribution in [1.29, 1.82) is 0 Å². The summed E-state index contributed by atoms with van der Waals surface area (Å²) in [5.41, 5.74) is 1.27. The molecule has 2 amide bonds. The molecule has 0 spiro atoms. The molecular formula is C28H34F5N7O2. The van der Waals surface area contributed by atoms with E-state index in [0.717, 1.165) is 12.8 Å². The molecule has 3 heterocycles. The Morgan fingerprint density at radius 2 is 1.64 bits per heavy atom. The second kappa shape index (κ2) is 11.6. The van der Waals surface area contributed by atoms with Gasteiger partial charge in [-0.3, -0.25) is 18.7 Å². The number of carbonyl (C=O) groups is 2. The van der Waals surface area contributed by atoms with Gasteiger partial charge < -0.3 is 10.6 Å². The number of halogens is 5. The molecule has 0 aliphatic heterocycles. The van der Waals surface area contributed by atoms with Crippen LogP contribution in [0.2, 0.25) is 0 Å².